The first-order valence-electron chi connectivity index (χ1n) is 10.6. The van der Waals surface area contributed by atoms with Crippen LogP contribution in [0.4, 0.5) is 0 Å². The third-order valence-corrected chi connectivity index (χ3v) is 7.43. The van der Waals surface area contributed by atoms with E-state index in [1.807, 2.05) is 13.0 Å². The second kappa shape index (κ2) is 6.90. The molecule has 1 N–H and O–H groups in total. The fourth-order valence-corrected chi connectivity index (χ4v) is 5.04. The molecule has 3 rings (SSSR count). The van der Waals surface area contributed by atoms with Crippen molar-refractivity contribution in [2.45, 2.75) is 84.5 Å². The Morgan fingerprint density at radius 1 is 1.11 bits per heavy atom. The van der Waals surface area contributed by atoms with Crippen molar-refractivity contribution in [2.75, 3.05) is 0 Å². The number of hydrogen-bond acceptors (Lipinski definition) is 1. The first kappa shape index (κ1) is 20.9. The Kier molecular flexibility index (Phi) is 5.15. The number of fused-ring (bicyclic) bond motifs is 1. The highest BCUT2D eigenvalue weighted by Crippen LogP contribution is 2.60. The molecule has 0 bridgehead atoms. The van der Waals surface area contributed by atoms with E-state index in [-0.39, 0.29) is 16.2 Å². The minimum absolute atomic E-state index is 0.164. The first-order valence-corrected chi connectivity index (χ1v) is 10.6. The molecular weight excluding hydrogens is 344 g/mol. The molecule has 0 heterocycles. The van der Waals surface area contributed by atoms with Crippen LogP contribution in [-0.2, 0) is 15.6 Å². The van der Waals surface area contributed by atoms with Gasteiger partial charge in [0.1, 0.15) is 0 Å². The van der Waals surface area contributed by atoms with Gasteiger partial charge in [-0.3, -0.25) is 0 Å². The molecule has 152 valence electrons. The van der Waals surface area contributed by atoms with Gasteiger partial charge in [-0.2, -0.15) is 0 Å². The van der Waals surface area contributed by atoms with E-state index in [0.717, 1.165) is 12.0 Å². The zero-order chi connectivity index (χ0) is 20.9. The Bertz CT molecular complexity index is 840. The Labute approximate surface area is 170 Å². The van der Waals surface area contributed by atoms with Crippen LogP contribution in [-0.4, -0.2) is 11.1 Å². The molecule has 0 saturated heterocycles. The summed E-state index contributed by atoms with van der Waals surface area (Å²) < 4.78 is 0. The van der Waals surface area contributed by atoms with Crippen molar-refractivity contribution in [3.8, 4) is 0 Å². The van der Waals surface area contributed by atoms with Gasteiger partial charge in [0.05, 0.1) is 0 Å². The predicted octanol–water partition coefficient (Wildman–Crippen LogP) is 6.75. The van der Waals surface area contributed by atoms with Gasteiger partial charge in [0.15, 0.2) is 0 Å². The monoisotopic (exact) mass is 380 g/mol. The Balaban J connectivity index is 1.82. The normalized spacial score (nSPS) is 29.4. The molecule has 0 aromatic heterocycles. The molecule has 2 aliphatic carbocycles. The van der Waals surface area contributed by atoms with Gasteiger partial charge in [-0.15, -0.1) is 0 Å². The van der Waals surface area contributed by atoms with Crippen LogP contribution in [0.2, 0.25) is 0 Å². The fourth-order valence-electron chi connectivity index (χ4n) is 5.04. The number of rotatable bonds is 5. The zero-order valence-corrected chi connectivity index (χ0v) is 18.6. The summed E-state index contributed by atoms with van der Waals surface area (Å²) >= 11 is 0. The van der Waals surface area contributed by atoms with Crippen LogP contribution in [0.5, 0.6) is 0 Å². The van der Waals surface area contributed by atoms with Crippen LogP contribution in [0.1, 0.15) is 90.3 Å². The average Bonchev–Trinajstić information content (AvgIpc) is 3.28. The number of benzene rings is 1. The van der Waals surface area contributed by atoms with Crippen LogP contribution in [0, 0.1) is 11.3 Å². The summed E-state index contributed by atoms with van der Waals surface area (Å²) in [6.45, 7) is 16.0. The van der Waals surface area contributed by atoms with Crippen molar-refractivity contribution < 1.29 is 9.90 Å². The van der Waals surface area contributed by atoms with Gasteiger partial charge in [0, 0.05) is 6.08 Å². The molecular formula is C26H36O2. The third kappa shape index (κ3) is 3.97. The van der Waals surface area contributed by atoms with E-state index in [1.165, 1.54) is 35.6 Å². The van der Waals surface area contributed by atoms with E-state index in [4.69, 9.17) is 5.11 Å². The average molecular weight is 381 g/mol. The topological polar surface area (TPSA) is 37.3 Å². The summed E-state index contributed by atoms with van der Waals surface area (Å²) in [4.78, 5) is 10.8. The summed E-state index contributed by atoms with van der Waals surface area (Å²) in [5.41, 5.74) is 5.97. The van der Waals surface area contributed by atoms with Crippen LogP contribution in [0.3, 0.4) is 0 Å². The van der Waals surface area contributed by atoms with Crippen molar-refractivity contribution >= 4 is 5.97 Å². The number of carboxylic acids is 1. The van der Waals surface area contributed by atoms with Crippen molar-refractivity contribution in [1.82, 2.24) is 0 Å². The molecule has 1 aromatic carbocycles. The maximum Gasteiger partial charge on any atom is 0.328 e. The van der Waals surface area contributed by atoms with Crippen LogP contribution in [0.15, 0.2) is 42.0 Å². The smallest absolute Gasteiger partial charge is 0.328 e. The number of allylic oxidation sites excluding steroid dienone is 3. The first-order chi connectivity index (χ1) is 12.9. The minimum Gasteiger partial charge on any atom is -0.478 e. The summed E-state index contributed by atoms with van der Waals surface area (Å²) in [5, 5.41) is 8.88. The van der Waals surface area contributed by atoms with E-state index in [9.17, 15) is 4.79 Å². The van der Waals surface area contributed by atoms with Gasteiger partial charge in [-0.05, 0) is 76.5 Å². The molecule has 1 aromatic rings. The maximum absolute atomic E-state index is 10.8. The van der Waals surface area contributed by atoms with Crippen molar-refractivity contribution in [3.63, 3.8) is 0 Å². The van der Waals surface area contributed by atoms with E-state index in [0.29, 0.717) is 11.8 Å². The van der Waals surface area contributed by atoms with E-state index >= 15 is 0 Å². The Hall–Kier alpha value is -1.83. The van der Waals surface area contributed by atoms with Gasteiger partial charge in [-0.25, -0.2) is 4.79 Å². The lowest BCUT2D eigenvalue weighted by Crippen LogP contribution is -2.34. The number of carboxylic acid groups (broad SMARTS) is 1. The molecule has 0 aliphatic heterocycles. The van der Waals surface area contributed by atoms with Crippen LogP contribution < -0.4 is 0 Å². The van der Waals surface area contributed by atoms with Gasteiger partial charge in [0.25, 0.3) is 0 Å². The largest absolute Gasteiger partial charge is 0.478 e. The Morgan fingerprint density at radius 3 is 2.32 bits per heavy atom. The van der Waals surface area contributed by atoms with E-state index in [2.05, 4.69) is 65.8 Å². The molecule has 0 spiro atoms. The molecule has 2 aliphatic rings. The lowest BCUT2D eigenvalue weighted by Gasteiger charge is -2.42. The van der Waals surface area contributed by atoms with Crippen molar-refractivity contribution in [1.29, 1.82) is 0 Å². The molecule has 3 atom stereocenters. The van der Waals surface area contributed by atoms with E-state index < -0.39 is 5.97 Å². The van der Waals surface area contributed by atoms with Crippen molar-refractivity contribution in [3.05, 3.63) is 58.7 Å². The number of hydrogen-bond donors (Lipinski definition) is 1. The van der Waals surface area contributed by atoms with Gasteiger partial charge in [0.2, 0.25) is 0 Å². The summed E-state index contributed by atoms with van der Waals surface area (Å²) in [5.74, 6) is 0.233. The van der Waals surface area contributed by atoms with Gasteiger partial charge < -0.3 is 5.11 Å². The zero-order valence-electron chi connectivity index (χ0n) is 18.6. The lowest BCUT2D eigenvalue weighted by molar-refractivity contribution is -0.131. The molecule has 2 heteroatoms. The highest BCUT2D eigenvalue weighted by Gasteiger charge is 2.51. The second-order valence-corrected chi connectivity index (χ2v) is 10.7. The van der Waals surface area contributed by atoms with E-state index in [1.54, 1.807) is 0 Å². The number of carbonyl (C=O) groups is 1. The molecule has 1 saturated carbocycles. The second-order valence-electron chi connectivity index (χ2n) is 10.7. The van der Waals surface area contributed by atoms with Crippen LogP contribution in [0.25, 0.3) is 0 Å². The summed E-state index contributed by atoms with van der Waals surface area (Å²) in [7, 11) is 0. The minimum atomic E-state index is -0.882. The van der Waals surface area contributed by atoms with Crippen LogP contribution >= 0.6 is 0 Å². The summed E-state index contributed by atoms with van der Waals surface area (Å²) in [6, 6.07) is 7.22. The predicted molar refractivity (Wildman–Crippen MR) is 117 cm³/mol. The maximum atomic E-state index is 10.8. The quantitative estimate of drug-likeness (QED) is 0.453. The molecule has 28 heavy (non-hydrogen) atoms. The highest BCUT2D eigenvalue weighted by molar-refractivity contribution is 5.81. The Morgan fingerprint density at radius 2 is 1.71 bits per heavy atom. The fraction of sp³-hybridized carbons (Fsp3) is 0.577. The molecule has 2 nitrogen and oxygen atoms in total. The third-order valence-electron chi connectivity index (χ3n) is 7.43. The molecule has 0 radical (unpaired) electrons. The SMILES string of the molecule is CC(/C=C/[C@@]1(C)CC1[C@H](C)c1ccc2c(c1)C(C)(C)CCC2(C)C)=C\C(=O)O. The molecule has 1 fully saturated rings. The van der Waals surface area contributed by atoms with Crippen molar-refractivity contribution in [2.24, 2.45) is 11.3 Å². The number of aliphatic carboxylic acids is 1. The van der Waals surface area contributed by atoms with Gasteiger partial charge >= 0.3 is 5.97 Å². The highest BCUT2D eigenvalue weighted by atomic mass is 16.4. The molecule has 1 unspecified atom stereocenters. The standard InChI is InChI=1S/C26H36O2/c1-17(14-23(27)28)10-11-26(7)16-22(26)18(2)19-8-9-20-21(15-19)25(5,6)13-12-24(20,3)4/h8-11,14-15,18,22H,12-13,16H2,1-7H3,(H,27,28)/b11-10+,17-14+/t18-,22?,26+/m1/s1. The lowest BCUT2D eigenvalue weighted by atomic mass is 9.62. The summed E-state index contributed by atoms with van der Waals surface area (Å²) in [6.07, 6.45) is 9.11. The molecule has 0 amide bonds. The van der Waals surface area contributed by atoms with Gasteiger partial charge in [-0.1, -0.05) is 71.9 Å².